The van der Waals surface area contributed by atoms with Gasteiger partial charge in [0, 0.05) is 10.00 Å². The first-order chi connectivity index (χ1) is 12.0. The van der Waals surface area contributed by atoms with Gasteiger partial charge in [-0.1, -0.05) is 42.4 Å². The first kappa shape index (κ1) is 26.0. The van der Waals surface area contributed by atoms with Crippen LogP contribution in [0.5, 0.6) is 0 Å². The number of amides is 1. The minimum absolute atomic E-state index is 0.0188. The first-order valence-corrected chi connectivity index (χ1v) is 11.1. The summed E-state index contributed by atoms with van der Waals surface area (Å²) in [4.78, 5) is 24.8. The number of esters is 1. The number of carbonyl (C=O) groups is 2. The van der Waals surface area contributed by atoms with Crippen LogP contribution in [0.1, 0.15) is 68.7 Å². The van der Waals surface area contributed by atoms with Crippen molar-refractivity contribution in [2.45, 2.75) is 96.0 Å². The maximum Gasteiger partial charge on any atom is 0.408 e. The van der Waals surface area contributed by atoms with Crippen LogP contribution in [0.4, 0.5) is 4.79 Å². The molecule has 7 nitrogen and oxygen atoms in total. The van der Waals surface area contributed by atoms with Crippen molar-refractivity contribution in [3.05, 3.63) is 0 Å². The predicted octanol–water partition coefficient (Wildman–Crippen LogP) is 5.19. The maximum atomic E-state index is 12.6. The molecule has 2 N–H and O–H groups in total. The van der Waals surface area contributed by atoms with Crippen molar-refractivity contribution < 1.29 is 19.1 Å². The van der Waals surface area contributed by atoms with E-state index in [-0.39, 0.29) is 16.5 Å². The average Bonchev–Trinajstić information content (AvgIpc) is 2.39. The smallest absolute Gasteiger partial charge is 0.408 e. The molecule has 0 saturated carbocycles. The van der Waals surface area contributed by atoms with Crippen LogP contribution >= 0.6 is 21.6 Å². The lowest BCUT2D eigenvalue weighted by Gasteiger charge is -2.28. The lowest BCUT2D eigenvalue weighted by Crippen LogP contribution is -2.47. The molecule has 27 heavy (non-hydrogen) atoms. The van der Waals surface area contributed by atoms with E-state index < -0.39 is 29.3 Å². The molecule has 0 fully saturated rings. The zero-order chi connectivity index (χ0) is 21.5. The molecule has 0 aromatic heterocycles. The molecule has 0 aliphatic rings. The lowest BCUT2D eigenvalue weighted by molar-refractivity contribution is -0.157. The SMILES string of the molecule is CC(C)(C)OC(=O)N[C@@H](CC(CN=N)SSC(C)(C)C)C(=O)OC(C)(C)C. The van der Waals surface area contributed by atoms with E-state index in [1.165, 1.54) is 0 Å². The van der Waals surface area contributed by atoms with Gasteiger partial charge in [-0.25, -0.2) is 15.1 Å². The second kappa shape index (κ2) is 10.5. The third-order valence-corrected chi connectivity index (χ3v) is 6.43. The van der Waals surface area contributed by atoms with Gasteiger partial charge in [0.15, 0.2) is 0 Å². The highest BCUT2D eigenvalue weighted by atomic mass is 33.1. The summed E-state index contributed by atoms with van der Waals surface area (Å²) in [5, 5.41) is 5.98. The fourth-order valence-corrected chi connectivity index (χ4v) is 4.28. The number of hydrogen-bond acceptors (Lipinski definition) is 8. The van der Waals surface area contributed by atoms with Gasteiger partial charge in [0.25, 0.3) is 0 Å². The summed E-state index contributed by atoms with van der Waals surface area (Å²) in [7, 11) is 3.21. The Morgan fingerprint density at radius 2 is 1.52 bits per heavy atom. The number of ether oxygens (including phenoxy) is 2. The fourth-order valence-electron chi connectivity index (χ4n) is 1.76. The number of rotatable bonds is 8. The van der Waals surface area contributed by atoms with Crippen LogP contribution in [-0.4, -0.2) is 45.8 Å². The molecule has 0 rings (SSSR count). The minimum atomic E-state index is -0.876. The average molecular weight is 422 g/mol. The van der Waals surface area contributed by atoms with E-state index in [1.807, 2.05) is 0 Å². The van der Waals surface area contributed by atoms with Gasteiger partial charge in [-0.05, 0) is 48.0 Å². The number of nitrogens with one attached hydrogen (secondary N) is 2. The molecule has 0 aromatic carbocycles. The number of hydrogen-bond donors (Lipinski definition) is 2. The van der Waals surface area contributed by atoms with E-state index in [2.05, 4.69) is 31.2 Å². The Morgan fingerprint density at radius 1 is 1.00 bits per heavy atom. The Morgan fingerprint density at radius 3 is 1.93 bits per heavy atom. The van der Waals surface area contributed by atoms with Crippen LogP contribution in [0, 0.1) is 5.53 Å². The normalized spacial score (nSPS) is 14.9. The largest absolute Gasteiger partial charge is 0.458 e. The summed E-state index contributed by atoms with van der Waals surface area (Å²) in [5.41, 5.74) is 5.85. The molecule has 0 aromatic rings. The van der Waals surface area contributed by atoms with Crippen molar-refractivity contribution in [1.82, 2.24) is 5.32 Å². The van der Waals surface area contributed by atoms with Gasteiger partial charge in [-0.3, -0.25) is 0 Å². The molecule has 158 valence electrons. The van der Waals surface area contributed by atoms with Crippen LogP contribution < -0.4 is 5.32 Å². The van der Waals surface area contributed by atoms with E-state index in [0.717, 1.165) is 0 Å². The predicted molar refractivity (Wildman–Crippen MR) is 112 cm³/mol. The van der Waals surface area contributed by atoms with Gasteiger partial charge in [-0.15, -0.1) is 0 Å². The molecule has 0 aliphatic heterocycles. The monoisotopic (exact) mass is 421 g/mol. The standard InChI is InChI=1S/C18H35N3O4S2/c1-16(2,3)24-14(22)13(21-15(23)25-17(4,5)6)10-12(11-20-19)26-27-18(7,8)9/h12-13,19H,10-11H2,1-9H3,(H,21,23)/t12?,13-/m0/s1. The third kappa shape index (κ3) is 14.7. The number of nitrogens with zero attached hydrogens (tertiary/aromatic N) is 1. The van der Waals surface area contributed by atoms with Crippen LogP contribution in [-0.2, 0) is 14.3 Å². The van der Waals surface area contributed by atoms with E-state index in [1.54, 1.807) is 63.1 Å². The van der Waals surface area contributed by atoms with E-state index in [9.17, 15) is 9.59 Å². The Bertz CT molecular complexity index is 508. The summed E-state index contributed by atoms with van der Waals surface area (Å²) in [6.45, 7) is 17.1. The van der Waals surface area contributed by atoms with Crippen molar-refractivity contribution >= 4 is 33.7 Å². The first-order valence-electron chi connectivity index (χ1n) is 8.92. The Balaban J connectivity index is 5.25. The van der Waals surface area contributed by atoms with Gasteiger partial charge >= 0.3 is 12.1 Å². The van der Waals surface area contributed by atoms with Gasteiger partial charge in [0.1, 0.15) is 17.2 Å². The summed E-state index contributed by atoms with van der Waals surface area (Å²) >= 11 is 0. The topological polar surface area (TPSA) is 101 Å². The molecular weight excluding hydrogens is 386 g/mol. The molecule has 1 amide bonds. The van der Waals surface area contributed by atoms with Gasteiger partial charge in [-0.2, -0.15) is 5.11 Å². The molecule has 2 atom stereocenters. The van der Waals surface area contributed by atoms with Crippen LogP contribution in [0.2, 0.25) is 0 Å². The van der Waals surface area contributed by atoms with E-state index in [4.69, 9.17) is 15.0 Å². The summed E-state index contributed by atoms with van der Waals surface area (Å²) < 4.78 is 10.7. The van der Waals surface area contributed by atoms with Crippen molar-refractivity contribution in [2.75, 3.05) is 6.54 Å². The van der Waals surface area contributed by atoms with E-state index >= 15 is 0 Å². The summed E-state index contributed by atoms with van der Waals surface area (Å²) in [6.07, 6.45) is -0.377. The quantitative estimate of drug-likeness (QED) is 0.318. The van der Waals surface area contributed by atoms with Gasteiger partial charge < -0.3 is 14.8 Å². The highest BCUT2D eigenvalue weighted by Gasteiger charge is 2.31. The molecule has 0 saturated heterocycles. The third-order valence-electron chi connectivity index (χ3n) is 2.61. The van der Waals surface area contributed by atoms with Crippen molar-refractivity contribution in [3.63, 3.8) is 0 Å². The Kier molecular flexibility index (Phi) is 10.2. The van der Waals surface area contributed by atoms with Crippen molar-refractivity contribution in [3.8, 4) is 0 Å². The van der Waals surface area contributed by atoms with Crippen LogP contribution in [0.3, 0.4) is 0 Å². The van der Waals surface area contributed by atoms with Crippen molar-refractivity contribution in [1.29, 1.82) is 5.53 Å². The number of carbonyl (C=O) groups excluding carboxylic acids is 2. The lowest BCUT2D eigenvalue weighted by atomic mass is 10.1. The molecule has 0 aliphatic carbocycles. The van der Waals surface area contributed by atoms with Crippen LogP contribution in [0.25, 0.3) is 0 Å². The zero-order valence-corrected chi connectivity index (χ0v) is 19.6. The Hall–Kier alpha value is -0.960. The molecule has 0 spiro atoms. The van der Waals surface area contributed by atoms with Gasteiger partial charge in [0.2, 0.25) is 0 Å². The molecule has 0 radical (unpaired) electrons. The molecule has 1 unspecified atom stereocenters. The highest BCUT2D eigenvalue weighted by Crippen LogP contribution is 2.39. The Labute approximate surface area is 171 Å². The second-order valence-corrected chi connectivity index (χ2v) is 12.6. The molecule has 9 heteroatoms. The second-order valence-electron chi connectivity index (χ2n) is 9.22. The maximum absolute atomic E-state index is 12.6. The highest BCUT2D eigenvalue weighted by molar-refractivity contribution is 8.77. The zero-order valence-electron chi connectivity index (χ0n) is 18.0. The number of alkyl carbamates (subject to hydrolysis) is 1. The fraction of sp³-hybridized carbons (Fsp3) is 0.889. The molecule has 0 bridgehead atoms. The molecular formula is C18H35N3O4S2. The summed E-state index contributed by atoms with van der Waals surface area (Å²) in [6, 6.07) is -0.876. The summed E-state index contributed by atoms with van der Waals surface area (Å²) in [5.74, 6) is -0.523. The van der Waals surface area contributed by atoms with Crippen LogP contribution in [0.15, 0.2) is 5.11 Å². The van der Waals surface area contributed by atoms with Crippen molar-refractivity contribution in [2.24, 2.45) is 5.11 Å². The minimum Gasteiger partial charge on any atom is -0.458 e. The van der Waals surface area contributed by atoms with E-state index in [0.29, 0.717) is 6.42 Å². The molecule has 0 heterocycles. The van der Waals surface area contributed by atoms with Gasteiger partial charge in [0.05, 0.1) is 6.54 Å².